The summed E-state index contributed by atoms with van der Waals surface area (Å²) in [5.74, 6) is -0.534. The van der Waals surface area contributed by atoms with Gasteiger partial charge in [0.05, 0.1) is 31.5 Å². The normalized spacial score (nSPS) is 10.8. The monoisotopic (exact) mass is 466 g/mol. The van der Waals surface area contributed by atoms with Crippen molar-refractivity contribution < 1.29 is 28.3 Å². The summed E-state index contributed by atoms with van der Waals surface area (Å²) in [4.78, 5) is 41.2. The third kappa shape index (κ3) is 6.12. The summed E-state index contributed by atoms with van der Waals surface area (Å²) in [5, 5.41) is 7.91. The van der Waals surface area contributed by atoms with Crippen LogP contribution in [0, 0.1) is 0 Å². The van der Waals surface area contributed by atoms with Crippen LogP contribution in [-0.4, -0.2) is 49.0 Å². The number of nitrogens with one attached hydrogen (secondary N) is 3. The second-order valence-electron chi connectivity index (χ2n) is 7.99. The molecule has 1 heterocycles. The van der Waals surface area contributed by atoms with E-state index in [-0.39, 0.29) is 12.5 Å². The van der Waals surface area contributed by atoms with Crippen molar-refractivity contribution in [3.8, 4) is 22.8 Å². The Morgan fingerprint density at radius 1 is 1.03 bits per heavy atom. The molecule has 10 heteroatoms. The van der Waals surface area contributed by atoms with Crippen LogP contribution in [0.4, 0.5) is 5.69 Å². The summed E-state index contributed by atoms with van der Waals surface area (Å²) in [5.41, 5.74) is 0.540. The maximum Gasteiger partial charge on any atom is 0.313 e. The first-order valence-electron chi connectivity index (χ1n) is 10.3. The van der Waals surface area contributed by atoms with Crippen molar-refractivity contribution >= 4 is 23.4 Å². The van der Waals surface area contributed by atoms with Gasteiger partial charge in [0.25, 0.3) is 5.91 Å². The molecule has 3 amide bonds. The van der Waals surface area contributed by atoms with Gasteiger partial charge in [-0.1, -0.05) is 6.07 Å². The van der Waals surface area contributed by atoms with Gasteiger partial charge in [-0.2, -0.15) is 0 Å². The average Bonchev–Trinajstić information content (AvgIpc) is 3.37. The lowest BCUT2D eigenvalue weighted by atomic mass is 10.1. The van der Waals surface area contributed by atoms with Crippen LogP contribution in [0.1, 0.15) is 24.2 Å². The number of nitrogens with zero attached hydrogens (tertiary/aromatic N) is 1. The summed E-state index contributed by atoms with van der Waals surface area (Å²) in [7, 11) is 3.00. The number of methoxy groups -OCH3 is 2. The van der Waals surface area contributed by atoms with Crippen molar-refractivity contribution in [2.24, 2.45) is 0 Å². The molecule has 0 atom stereocenters. The zero-order valence-electron chi connectivity index (χ0n) is 19.3. The Balaban J connectivity index is 1.57. The standard InChI is InChI=1S/C24H26N4O6/c1-24(2,13-26-21(29)15-6-5-7-17(10-15)32-3)28-23(31)22(30)27-16-8-9-18(19(11-16)33-4)20-12-25-14-34-20/h5-12,14H,13H2,1-4H3,(H,26,29)(H,27,30)(H,28,31). The molecular weight excluding hydrogens is 440 g/mol. The summed E-state index contributed by atoms with van der Waals surface area (Å²) in [6.07, 6.45) is 2.84. The van der Waals surface area contributed by atoms with Crippen LogP contribution < -0.4 is 25.4 Å². The first-order valence-corrected chi connectivity index (χ1v) is 10.3. The van der Waals surface area contributed by atoms with Gasteiger partial charge in [0.1, 0.15) is 11.5 Å². The molecule has 3 rings (SSSR count). The number of carbonyl (C=O) groups excluding carboxylic acids is 3. The molecule has 0 saturated carbocycles. The van der Waals surface area contributed by atoms with Crippen molar-refractivity contribution in [3.05, 3.63) is 60.6 Å². The van der Waals surface area contributed by atoms with Crippen LogP contribution in [0.3, 0.4) is 0 Å². The Morgan fingerprint density at radius 3 is 2.50 bits per heavy atom. The highest BCUT2D eigenvalue weighted by molar-refractivity contribution is 6.39. The lowest BCUT2D eigenvalue weighted by Gasteiger charge is -2.26. The van der Waals surface area contributed by atoms with E-state index in [0.29, 0.717) is 34.1 Å². The topological polar surface area (TPSA) is 132 Å². The van der Waals surface area contributed by atoms with E-state index in [0.717, 1.165) is 0 Å². The molecule has 0 aliphatic rings. The fourth-order valence-electron chi connectivity index (χ4n) is 3.09. The fraction of sp³-hybridized carbons (Fsp3) is 0.250. The molecule has 3 aromatic rings. The Labute approximate surface area is 196 Å². The van der Waals surface area contributed by atoms with Gasteiger partial charge in [-0.05, 0) is 44.2 Å². The molecule has 0 bridgehead atoms. The van der Waals surface area contributed by atoms with Crippen molar-refractivity contribution in [1.29, 1.82) is 0 Å². The molecule has 3 N–H and O–H groups in total. The molecule has 0 aliphatic carbocycles. The van der Waals surface area contributed by atoms with Gasteiger partial charge in [-0.25, -0.2) is 4.98 Å². The first-order chi connectivity index (χ1) is 16.2. The van der Waals surface area contributed by atoms with Gasteiger partial charge in [-0.3, -0.25) is 14.4 Å². The van der Waals surface area contributed by atoms with E-state index < -0.39 is 17.4 Å². The minimum Gasteiger partial charge on any atom is -0.497 e. The highest BCUT2D eigenvalue weighted by Gasteiger charge is 2.25. The second-order valence-corrected chi connectivity index (χ2v) is 7.99. The molecule has 0 radical (unpaired) electrons. The number of anilines is 1. The molecule has 34 heavy (non-hydrogen) atoms. The average molecular weight is 466 g/mol. The Bertz CT molecular complexity index is 1170. The zero-order chi connectivity index (χ0) is 24.7. The predicted octanol–water partition coefficient (Wildman–Crippen LogP) is 2.62. The summed E-state index contributed by atoms with van der Waals surface area (Å²) < 4.78 is 15.7. The molecular formula is C24H26N4O6. The van der Waals surface area contributed by atoms with Crippen molar-refractivity contribution in [2.75, 3.05) is 26.1 Å². The van der Waals surface area contributed by atoms with Crippen molar-refractivity contribution in [1.82, 2.24) is 15.6 Å². The highest BCUT2D eigenvalue weighted by atomic mass is 16.5. The number of aromatic nitrogens is 1. The SMILES string of the molecule is COc1cccc(C(=O)NCC(C)(C)NC(=O)C(=O)Nc2ccc(-c3cnco3)c(OC)c2)c1. The van der Waals surface area contributed by atoms with E-state index in [1.807, 2.05) is 0 Å². The minimum absolute atomic E-state index is 0.0990. The van der Waals surface area contributed by atoms with Crippen molar-refractivity contribution in [3.63, 3.8) is 0 Å². The smallest absolute Gasteiger partial charge is 0.313 e. The maximum atomic E-state index is 12.5. The molecule has 10 nitrogen and oxygen atoms in total. The molecule has 2 aromatic carbocycles. The lowest BCUT2D eigenvalue weighted by Crippen LogP contribution is -2.54. The number of benzene rings is 2. The Hall–Kier alpha value is -4.34. The van der Waals surface area contributed by atoms with Gasteiger partial charge in [0.15, 0.2) is 12.2 Å². The summed E-state index contributed by atoms with van der Waals surface area (Å²) >= 11 is 0. The fourth-order valence-corrected chi connectivity index (χ4v) is 3.09. The Kier molecular flexibility index (Phi) is 7.52. The van der Waals surface area contributed by atoms with Crippen LogP contribution in [0.15, 0.2) is 59.5 Å². The van der Waals surface area contributed by atoms with Gasteiger partial charge in [0.2, 0.25) is 0 Å². The molecule has 0 unspecified atom stereocenters. The van der Waals surface area contributed by atoms with Gasteiger partial charge in [0, 0.05) is 23.9 Å². The number of amides is 3. The molecule has 0 fully saturated rings. The second kappa shape index (κ2) is 10.5. The van der Waals surface area contributed by atoms with E-state index in [4.69, 9.17) is 13.9 Å². The molecule has 0 saturated heterocycles. The molecule has 0 aliphatic heterocycles. The van der Waals surface area contributed by atoms with E-state index in [2.05, 4.69) is 20.9 Å². The van der Waals surface area contributed by atoms with Crippen LogP contribution >= 0.6 is 0 Å². The highest BCUT2D eigenvalue weighted by Crippen LogP contribution is 2.32. The molecule has 178 valence electrons. The van der Waals surface area contributed by atoms with Crippen LogP contribution in [-0.2, 0) is 9.59 Å². The predicted molar refractivity (Wildman–Crippen MR) is 125 cm³/mol. The first kappa shape index (κ1) is 24.3. The third-order valence-electron chi connectivity index (χ3n) is 4.84. The number of carbonyl (C=O) groups is 3. The number of rotatable bonds is 8. The molecule has 1 aromatic heterocycles. The van der Waals surface area contributed by atoms with E-state index >= 15 is 0 Å². The van der Waals surface area contributed by atoms with E-state index in [1.54, 1.807) is 62.5 Å². The van der Waals surface area contributed by atoms with Crippen LogP contribution in [0.5, 0.6) is 11.5 Å². The third-order valence-corrected chi connectivity index (χ3v) is 4.84. The lowest BCUT2D eigenvalue weighted by molar-refractivity contribution is -0.137. The largest absolute Gasteiger partial charge is 0.497 e. The van der Waals surface area contributed by atoms with Crippen LogP contribution in [0.2, 0.25) is 0 Å². The Morgan fingerprint density at radius 2 is 1.82 bits per heavy atom. The number of hydrogen-bond acceptors (Lipinski definition) is 7. The van der Waals surface area contributed by atoms with Gasteiger partial charge in [-0.15, -0.1) is 0 Å². The summed E-state index contributed by atoms with van der Waals surface area (Å²) in [6, 6.07) is 11.6. The maximum absolute atomic E-state index is 12.5. The van der Waals surface area contributed by atoms with E-state index in [1.165, 1.54) is 20.6 Å². The van der Waals surface area contributed by atoms with Crippen molar-refractivity contribution in [2.45, 2.75) is 19.4 Å². The van der Waals surface area contributed by atoms with Gasteiger partial charge < -0.3 is 29.8 Å². The summed E-state index contributed by atoms with van der Waals surface area (Å²) in [6.45, 7) is 3.49. The quantitative estimate of drug-likeness (QED) is 0.435. The minimum atomic E-state index is -0.892. The van der Waals surface area contributed by atoms with Crippen LogP contribution in [0.25, 0.3) is 11.3 Å². The number of ether oxygens (including phenoxy) is 2. The van der Waals surface area contributed by atoms with E-state index in [9.17, 15) is 14.4 Å². The number of hydrogen-bond donors (Lipinski definition) is 3. The zero-order valence-corrected chi connectivity index (χ0v) is 19.3. The van der Waals surface area contributed by atoms with Gasteiger partial charge >= 0.3 is 11.8 Å². The molecule has 0 spiro atoms. The number of oxazole rings is 1.